The summed E-state index contributed by atoms with van der Waals surface area (Å²) < 4.78 is 5.28. The molecule has 0 aliphatic heterocycles. The second-order valence-corrected chi connectivity index (χ2v) is 5.98. The van der Waals surface area contributed by atoms with Crippen LogP contribution in [-0.2, 0) is 11.2 Å². The summed E-state index contributed by atoms with van der Waals surface area (Å²) in [5.41, 5.74) is 1.92. The molecule has 132 valence electrons. The van der Waals surface area contributed by atoms with Gasteiger partial charge in [-0.3, -0.25) is 14.9 Å². The lowest BCUT2D eigenvalue weighted by molar-refractivity contribution is -0.385. The van der Waals surface area contributed by atoms with Crippen molar-refractivity contribution >= 4 is 23.2 Å². The number of nitro benzene ring substituents is 1. The molecule has 6 nitrogen and oxygen atoms in total. The average molecular weight is 363 g/mol. The molecule has 0 bridgehead atoms. The van der Waals surface area contributed by atoms with Gasteiger partial charge >= 0.3 is 5.69 Å². The Morgan fingerprint density at radius 2 is 1.96 bits per heavy atom. The van der Waals surface area contributed by atoms with Crippen molar-refractivity contribution < 1.29 is 14.5 Å². The number of halogens is 1. The van der Waals surface area contributed by atoms with E-state index in [1.165, 1.54) is 23.8 Å². The minimum Gasteiger partial charge on any atom is -0.477 e. The van der Waals surface area contributed by atoms with Crippen LogP contribution in [0, 0.1) is 10.1 Å². The minimum absolute atomic E-state index is 0.00417. The first-order chi connectivity index (χ1) is 11.9. The topological polar surface area (TPSA) is 81.5 Å². The highest BCUT2D eigenvalue weighted by molar-refractivity contribution is 6.30. The average Bonchev–Trinajstić information content (AvgIpc) is 2.60. The standard InChI is InChI=1S/C18H19ClN2O4/c1-3-13-4-6-14(7-5-13)12(2)20-18(22)11-25-17-9-8-15(19)10-16(17)21(23)24/h4-10,12H,3,11H2,1-2H3,(H,20,22)/t12-/m1/s1. The second kappa shape index (κ2) is 8.48. The van der Waals surface area contributed by atoms with E-state index < -0.39 is 4.92 Å². The van der Waals surface area contributed by atoms with Crippen LogP contribution < -0.4 is 10.1 Å². The lowest BCUT2D eigenvalue weighted by Gasteiger charge is -2.15. The zero-order chi connectivity index (χ0) is 18.4. The van der Waals surface area contributed by atoms with E-state index in [4.69, 9.17) is 16.3 Å². The SMILES string of the molecule is CCc1ccc([C@@H](C)NC(=O)COc2ccc(Cl)cc2[N+](=O)[O-])cc1. The molecule has 0 radical (unpaired) electrons. The number of rotatable bonds is 7. The lowest BCUT2D eigenvalue weighted by Crippen LogP contribution is -2.31. The fourth-order valence-electron chi connectivity index (χ4n) is 2.31. The van der Waals surface area contributed by atoms with Crippen LogP contribution in [0.5, 0.6) is 5.75 Å². The predicted molar refractivity (Wildman–Crippen MR) is 96.0 cm³/mol. The number of carbonyl (C=O) groups is 1. The summed E-state index contributed by atoms with van der Waals surface area (Å²) in [5, 5.41) is 14.0. The zero-order valence-corrected chi connectivity index (χ0v) is 14.7. The van der Waals surface area contributed by atoms with Crippen molar-refractivity contribution in [2.24, 2.45) is 0 Å². The molecule has 0 aromatic heterocycles. The molecule has 2 rings (SSSR count). The van der Waals surface area contributed by atoms with Crippen LogP contribution in [-0.4, -0.2) is 17.4 Å². The zero-order valence-electron chi connectivity index (χ0n) is 14.0. The van der Waals surface area contributed by atoms with Crippen LogP contribution in [0.25, 0.3) is 0 Å². The summed E-state index contributed by atoms with van der Waals surface area (Å²) in [6, 6.07) is 11.8. The molecule has 2 aromatic carbocycles. The second-order valence-electron chi connectivity index (χ2n) is 5.54. The van der Waals surface area contributed by atoms with Crippen LogP contribution in [0.1, 0.15) is 31.0 Å². The Bertz CT molecular complexity index is 762. The number of hydrogen-bond acceptors (Lipinski definition) is 4. The molecular weight excluding hydrogens is 344 g/mol. The molecule has 0 aliphatic carbocycles. The molecule has 7 heteroatoms. The summed E-state index contributed by atoms with van der Waals surface area (Å²) in [6.07, 6.45) is 0.953. The van der Waals surface area contributed by atoms with Crippen LogP contribution in [0.3, 0.4) is 0 Å². The van der Waals surface area contributed by atoms with Gasteiger partial charge in [0.1, 0.15) is 0 Å². The molecule has 1 amide bonds. The van der Waals surface area contributed by atoms with Crippen LogP contribution in [0.15, 0.2) is 42.5 Å². The van der Waals surface area contributed by atoms with Crippen molar-refractivity contribution in [1.29, 1.82) is 0 Å². The number of aryl methyl sites for hydroxylation is 1. The van der Waals surface area contributed by atoms with Crippen molar-refractivity contribution in [1.82, 2.24) is 5.32 Å². The molecule has 25 heavy (non-hydrogen) atoms. The largest absolute Gasteiger partial charge is 0.477 e. The maximum Gasteiger partial charge on any atom is 0.312 e. The summed E-state index contributed by atoms with van der Waals surface area (Å²) >= 11 is 5.74. The predicted octanol–water partition coefficient (Wildman–Crippen LogP) is 4.07. The number of amides is 1. The van der Waals surface area contributed by atoms with Gasteiger partial charge in [-0.15, -0.1) is 0 Å². The van der Waals surface area contributed by atoms with Gasteiger partial charge in [0.2, 0.25) is 0 Å². The van der Waals surface area contributed by atoms with Gasteiger partial charge < -0.3 is 10.1 Å². The Balaban J connectivity index is 1.95. The van der Waals surface area contributed by atoms with E-state index in [9.17, 15) is 14.9 Å². The first-order valence-corrected chi connectivity index (χ1v) is 8.23. The summed E-state index contributed by atoms with van der Waals surface area (Å²) in [7, 11) is 0. The molecule has 0 saturated heterocycles. The van der Waals surface area contributed by atoms with Gasteiger partial charge in [-0.2, -0.15) is 0 Å². The van der Waals surface area contributed by atoms with E-state index in [1.54, 1.807) is 0 Å². The normalized spacial score (nSPS) is 11.6. The Morgan fingerprint density at radius 1 is 1.28 bits per heavy atom. The molecular formula is C18H19ClN2O4. The Kier molecular flexibility index (Phi) is 6.36. The third-order valence-electron chi connectivity index (χ3n) is 3.74. The minimum atomic E-state index is -0.600. The molecule has 1 atom stereocenters. The van der Waals surface area contributed by atoms with Gasteiger partial charge in [0.15, 0.2) is 12.4 Å². The molecule has 0 heterocycles. The quantitative estimate of drug-likeness (QED) is 0.594. The number of nitrogens with one attached hydrogen (secondary N) is 1. The van der Waals surface area contributed by atoms with Gasteiger partial charge in [0.05, 0.1) is 11.0 Å². The van der Waals surface area contributed by atoms with Gasteiger partial charge in [0.25, 0.3) is 5.91 Å². The smallest absolute Gasteiger partial charge is 0.312 e. The third-order valence-corrected chi connectivity index (χ3v) is 3.98. The summed E-state index contributed by atoms with van der Waals surface area (Å²) in [6.45, 7) is 3.62. The van der Waals surface area contributed by atoms with Gasteiger partial charge in [-0.1, -0.05) is 42.8 Å². The van der Waals surface area contributed by atoms with Gasteiger partial charge in [0, 0.05) is 11.1 Å². The number of nitrogens with zero attached hydrogens (tertiary/aromatic N) is 1. The first kappa shape index (κ1) is 18.7. The molecule has 0 spiro atoms. The summed E-state index contributed by atoms with van der Waals surface area (Å²) in [5.74, 6) is -0.360. The molecule has 0 fully saturated rings. The lowest BCUT2D eigenvalue weighted by atomic mass is 10.1. The number of carbonyl (C=O) groups excluding carboxylic acids is 1. The van der Waals surface area contributed by atoms with Crippen LogP contribution in [0.4, 0.5) is 5.69 Å². The highest BCUT2D eigenvalue weighted by Gasteiger charge is 2.17. The number of hydrogen-bond donors (Lipinski definition) is 1. The highest BCUT2D eigenvalue weighted by Crippen LogP contribution is 2.29. The fourth-order valence-corrected chi connectivity index (χ4v) is 2.47. The summed E-state index contributed by atoms with van der Waals surface area (Å²) in [4.78, 5) is 22.4. The first-order valence-electron chi connectivity index (χ1n) is 7.85. The van der Waals surface area contributed by atoms with E-state index in [0.717, 1.165) is 12.0 Å². The van der Waals surface area contributed by atoms with Gasteiger partial charge in [-0.05, 0) is 36.6 Å². The molecule has 1 N–H and O–H groups in total. The monoisotopic (exact) mass is 362 g/mol. The van der Waals surface area contributed by atoms with E-state index in [0.29, 0.717) is 0 Å². The number of nitro groups is 1. The fraction of sp³-hybridized carbons (Fsp3) is 0.278. The molecule has 0 aliphatic rings. The van der Waals surface area contributed by atoms with Crippen molar-refractivity contribution in [3.8, 4) is 5.75 Å². The third kappa shape index (κ3) is 5.19. The van der Waals surface area contributed by atoms with Crippen molar-refractivity contribution in [3.05, 3.63) is 68.7 Å². The number of benzene rings is 2. The molecule has 2 aromatic rings. The Hall–Kier alpha value is -2.60. The maximum absolute atomic E-state index is 12.0. The van der Waals surface area contributed by atoms with Crippen molar-refractivity contribution in [2.45, 2.75) is 26.3 Å². The van der Waals surface area contributed by atoms with E-state index in [2.05, 4.69) is 12.2 Å². The Morgan fingerprint density at radius 3 is 2.56 bits per heavy atom. The molecule has 0 saturated carbocycles. The van der Waals surface area contributed by atoms with Crippen LogP contribution in [0.2, 0.25) is 5.02 Å². The Labute approximate surface area is 150 Å². The maximum atomic E-state index is 12.0. The van der Waals surface area contributed by atoms with Crippen molar-refractivity contribution in [2.75, 3.05) is 6.61 Å². The van der Waals surface area contributed by atoms with Crippen molar-refractivity contribution in [3.63, 3.8) is 0 Å². The number of ether oxygens (including phenoxy) is 1. The van der Waals surface area contributed by atoms with E-state index in [1.807, 2.05) is 31.2 Å². The molecule has 0 unspecified atom stereocenters. The highest BCUT2D eigenvalue weighted by atomic mass is 35.5. The van der Waals surface area contributed by atoms with E-state index >= 15 is 0 Å². The van der Waals surface area contributed by atoms with Crippen LogP contribution >= 0.6 is 11.6 Å². The van der Waals surface area contributed by atoms with Gasteiger partial charge in [-0.25, -0.2) is 0 Å². The van der Waals surface area contributed by atoms with E-state index in [-0.39, 0.29) is 35.0 Å².